The van der Waals surface area contributed by atoms with Crippen molar-refractivity contribution in [2.45, 2.75) is 39.4 Å². The number of aromatic nitrogens is 3. The van der Waals surface area contributed by atoms with Crippen molar-refractivity contribution in [3.8, 4) is 0 Å². The smallest absolute Gasteiger partial charge is 0.0946 e. The molecule has 0 atom stereocenters. The molecular weight excluding hydrogens is 224 g/mol. The fourth-order valence-electron chi connectivity index (χ4n) is 1.83. The van der Waals surface area contributed by atoms with Gasteiger partial charge in [-0.3, -0.25) is 0 Å². The maximum Gasteiger partial charge on any atom is 0.0946 e. The second-order valence-electron chi connectivity index (χ2n) is 5.73. The second-order valence-corrected chi connectivity index (χ2v) is 5.73. The number of rotatable bonds is 4. The van der Waals surface area contributed by atoms with Crippen LogP contribution in [0.4, 0.5) is 0 Å². The largest absolute Gasteiger partial charge is 0.344 e. The lowest BCUT2D eigenvalue weighted by atomic mass is 10.1. The SMILES string of the molecule is Cn1cncc1Cn1cccc1CNC(C)(C)C. The Morgan fingerprint density at radius 1 is 1.28 bits per heavy atom. The summed E-state index contributed by atoms with van der Waals surface area (Å²) >= 11 is 0. The number of hydrogen-bond donors (Lipinski definition) is 1. The molecule has 0 spiro atoms. The fraction of sp³-hybridized carbons (Fsp3) is 0.500. The van der Waals surface area contributed by atoms with E-state index < -0.39 is 0 Å². The summed E-state index contributed by atoms with van der Waals surface area (Å²) < 4.78 is 4.32. The van der Waals surface area contributed by atoms with Gasteiger partial charge in [0.2, 0.25) is 0 Å². The van der Waals surface area contributed by atoms with Crippen LogP contribution in [0.5, 0.6) is 0 Å². The normalized spacial score (nSPS) is 12.0. The van der Waals surface area contributed by atoms with Gasteiger partial charge in [-0.05, 0) is 32.9 Å². The molecule has 2 aromatic rings. The first-order valence-electron chi connectivity index (χ1n) is 6.30. The fourth-order valence-corrected chi connectivity index (χ4v) is 1.83. The highest BCUT2D eigenvalue weighted by molar-refractivity contribution is 5.10. The van der Waals surface area contributed by atoms with Crippen LogP contribution in [0.2, 0.25) is 0 Å². The van der Waals surface area contributed by atoms with E-state index in [-0.39, 0.29) is 5.54 Å². The van der Waals surface area contributed by atoms with Crippen molar-refractivity contribution in [2.24, 2.45) is 7.05 Å². The molecule has 0 amide bonds. The summed E-state index contributed by atoms with van der Waals surface area (Å²) in [5.74, 6) is 0. The molecule has 2 rings (SSSR count). The minimum atomic E-state index is 0.141. The lowest BCUT2D eigenvalue weighted by molar-refractivity contribution is 0.416. The van der Waals surface area contributed by atoms with Gasteiger partial charge in [0.1, 0.15) is 0 Å². The van der Waals surface area contributed by atoms with Gasteiger partial charge in [0.15, 0.2) is 0 Å². The predicted molar refractivity (Wildman–Crippen MR) is 73.3 cm³/mol. The van der Waals surface area contributed by atoms with Crippen molar-refractivity contribution in [1.82, 2.24) is 19.4 Å². The van der Waals surface area contributed by atoms with Gasteiger partial charge in [-0.25, -0.2) is 4.98 Å². The van der Waals surface area contributed by atoms with Crippen molar-refractivity contribution in [2.75, 3.05) is 0 Å². The minimum absolute atomic E-state index is 0.141. The van der Waals surface area contributed by atoms with Crippen molar-refractivity contribution in [3.63, 3.8) is 0 Å². The van der Waals surface area contributed by atoms with Crippen LogP contribution in [0.25, 0.3) is 0 Å². The van der Waals surface area contributed by atoms with Gasteiger partial charge in [0, 0.05) is 37.2 Å². The lowest BCUT2D eigenvalue weighted by Crippen LogP contribution is -2.35. The summed E-state index contributed by atoms with van der Waals surface area (Å²) in [6, 6.07) is 4.26. The van der Waals surface area contributed by atoms with Crippen LogP contribution >= 0.6 is 0 Å². The Balaban J connectivity index is 2.06. The summed E-state index contributed by atoms with van der Waals surface area (Å²) in [6.45, 7) is 8.29. The van der Waals surface area contributed by atoms with E-state index >= 15 is 0 Å². The third kappa shape index (κ3) is 3.23. The summed E-state index contributed by atoms with van der Waals surface area (Å²) in [5, 5.41) is 3.52. The van der Waals surface area contributed by atoms with Gasteiger partial charge in [0.25, 0.3) is 0 Å². The molecule has 0 radical (unpaired) electrons. The van der Waals surface area contributed by atoms with Gasteiger partial charge in [-0.2, -0.15) is 0 Å². The van der Waals surface area contributed by atoms with Crippen LogP contribution in [0.1, 0.15) is 32.2 Å². The average molecular weight is 246 g/mol. The van der Waals surface area contributed by atoms with E-state index in [0.717, 1.165) is 13.1 Å². The monoisotopic (exact) mass is 246 g/mol. The average Bonchev–Trinajstić information content (AvgIpc) is 2.86. The molecule has 0 fully saturated rings. The maximum atomic E-state index is 4.15. The third-order valence-electron chi connectivity index (χ3n) is 2.97. The van der Waals surface area contributed by atoms with Crippen molar-refractivity contribution >= 4 is 0 Å². The first kappa shape index (κ1) is 12.9. The lowest BCUT2D eigenvalue weighted by Gasteiger charge is -2.21. The first-order valence-corrected chi connectivity index (χ1v) is 6.30. The van der Waals surface area contributed by atoms with E-state index in [4.69, 9.17) is 0 Å². The number of nitrogens with zero attached hydrogens (tertiary/aromatic N) is 3. The molecule has 0 aliphatic carbocycles. The highest BCUT2D eigenvalue weighted by atomic mass is 15.1. The topological polar surface area (TPSA) is 34.8 Å². The van der Waals surface area contributed by atoms with E-state index in [1.807, 2.05) is 19.6 Å². The highest BCUT2D eigenvalue weighted by Gasteiger charge is 2.10. The molecule has 0 aliphatic heterocycles. The molecule has 2 heterocycles. The van der Waals surface area contributed by atoms with Gasteiger partial charge >= 0.3 is 0 Å². The number of hydrogen-bond acceptors (Lipinski definition) is 2. The first-order chi connectivity index (χ1) is 8.46. The Labute approximate surface area is 109 Å². The third-order valence-corrected chi connectivity index (χ3v) is 2.97. The molecule has 0 unspecified atom stereocenters. The van der Waals surface area contributed by atoms with E-state index in [9.17, 15) is 0 Å². The zero-order valence-electron chi connectivity index (χ0n) is 11.6. The molecule has 1 N–H and O–H groups in total. The Morgan fingerprint density at radius 3 is 2.67 bits per heavy atom. The Morgan fingerprint density at radius 2 is 2.06 bits per heavy atom. The van der Waals surface area contributed by atoms with Crippen molar-refractivity contribution in [3.05, 3.63) is 42.2 Å². The summed E-state index contributed by atoms with van der Waals surface area (Å²) in [7, 11) is 2.03. The van der Waals surface area contributed by atoms with E-state index in [1.54, 1.807) is 0 Å². The summed E-state index contributed by atoms with van der Waals surface area (Å²) in [4.78, 5) is 4.15. The standard InChI is InChI=1S/C14H22N4/c1-14(2,3)16-9-12-6-5-7-18(12)10-13-8-15-11-17(13)4/h5-8,11,16H,9-10H2,1-4H3. The number of nitrogens with one attached hydrogen (secondary N) is 1. The highest BCUT2D eigenvalue weighted by Crippen LogP contribution is 2.09. The van der Waals surface area contributed by atoms with Crippen LogP contribution in [-0.2, 0) is 20.1 Å². The van der Waals surface area contributed by atoms with E-state index in [2.05, 4.69) is 58.5 Å². The predicted octanol–water partition coefficient (Wildman–Crippen LogP) is 2.16. The van der Waals surface area contributed by atoms with Crippen molar-refractivity contribution < 1.29 is 0 Å². The van der Waals surface area contributed by atoms with Crippen LogP contribution in [0, 0.1) is 0 Å². The van der Waals surface area contributed by atoms with E-state index in [0.29, 0.717) is 0 Å². The Bertz CT molecular complexity index is 502. The summed E-state index contributed by atoms with van der Waals surface area (Å²) in [5.41, 5.74) is 2.65. The van der Waals surface area contributed by atoms with Crippen LogP contribution in [0.3, 0.4) is 0 Å². The maximum absolute atomic E-state index is 4.15. The van der Waals surface area contributed by atoms with Crippen LogP contribution < -0.4 is 5.32 Å². The number of imidazole rings is 1. The van der Waals surface area contributed by atoms with Crippen LogP contribution in [-0.4, -0.2) is 19.7 Å². The molecule has 0 saturated carbocycles. The molecule has 0 saturated heterocycles. The molecule has 4 nitrogen and oxygen atoms in total. The van der Waals surface area contributed by atoms with Crippen molar-refractivity contribution in [1.29, 1.82) is 0 Å². The Kier molecular flexibility index (Phi) is 3.57. The molecule has 18 heavy (non-hydrogen) atoms. The molecule has 98 valence electrons. The Hall–Kier alpha value is -1.55. The molecular formula is C14H22N4. The molecule has 2 aromatic heterocycles. The second kappa shape index (κ2) is 4.98. The van der Waals surface area contributed by atoms with Gasteiger partial charge < -0.3 is 14.5 Å². The zero-order chi connectivity index (χ0) is 13.2. The molecule has 4 heteroatoms. The number of aryl methyl sites for hydroxylation is 1. The molecule has 0 aromatic carbocycles. The molecule has 0 aliphatic rings. The van der Waals surface area contributed by atoms with E-state index in [1.165, 1.54) is 11.4 Å². The van der Waals surface area contributed by atoms with Gasteiger partial charge in [-0.1, -0.05) is 0 Å². The minimum Gasteiger partial charge on any atom is -0.344 e. The van der Waals surface area contributed by atoms with Gasteiger partial charge in [-0.15, -0.1) is 0 Å². The summed E-state index contributed by atoms with van der Waals surface area (Å²) in [6.07, 6.45) is 5.87. The molecule has 0 bridgehead atoms. The quantitative estimate of drug-likeness (QED) is 0.897. The van der Waals surface area contributed by atoms with Crippen LogP contribution in [0.15, 0.2) is 30.9 Å². The zero-order valence-corrected chi connectivity index (χ0v) is 11.6. The van der Waals surface area contributed by atoms with Gasteiger partial charge in [0.05, 0.1) is 18.6 Å².